The molecule has 1 aliphatic heterocycles. The molecule has 7 nitrogen and oxygen atoms in total. The van der Waals surface area contributed by atoms with E-state index in [4.69, 9.17) is 16.3 Å². The van der Waals surface area contributed by atoms with E-state index >= 15 is 0 Å². The van der Waals surface area contributed by atoms with Crippen molar-refractivity contribution < 1.29 is 9.53 Å². The zero-order valence-corrected chi connectivity index (χ0v) is 14.6. The van der Waals surface area contributed by atoms with Crippen molar-refractivity contribution >= 4 is 23.4 Å². The number of aromatic amines is 2. The van der Waals surface area contributed by atoms with Crippen LogP contribution in [0, 0.1) is 0 Å². The predicted molar refractivity (Wildman–Crippen MR) is 98.5 cm³/mol. The third kappa shape index (κ3) is 3.21. The van der Waals surface area contributed by atoms with Gasteiger partial charge in [0.15, 0.2) is 0 Å². The molecule has 0 saturated carbocycles. The molecule has 1 aromatic carbocycles. The molecule has 1 atom stereocenters. The van der Waals surface area contributed by atoms with Crippen molar-refractivity contribution in [3.8, 4) is 0 Å². The number of allylic oxidation sites excluding steroid dienone is 1. The molecule has 0 radical (unpaired) electrons. The molecule has 1 aliphatic rings. The zero-order chi connectivity index (χ0) is 18.8. The van der Waals surface area contributed by atoms with Gasteiger partial charge in [0.25, 0.3) is 5.56 Å². The first-order valence-electron chi connectivity index (χ1n) is 7.80. The summed E-state index contributed by atoms with van der Waals surface area (Å²) in [6.45, 7) is 5.24. The van der Waals surface area contributed by atoms with Crippen molar-refractivity contribution in [3.05, 3.63) is 85.2 Å². The highest BCUT2D eigenvalue weighted by molar-refractivity contribution is 6.30. The monoisotopic (exact) mass is 373 g/mol. The summed E-state index contributed by atoms with van der Waals surface area (Å²) >= 11 is 5.96. The molecule has 0 aliphatic carbocycles. The van der Waals surface area contributed by atoms with E-state index < -0.39 is 23.1 Å². The number of fused-ring (bicyclic) bond motifs is 1. The number of carbonyl (C=O) groups is 1. The largest absolute Gasteiger partial charge is 0.458 e. The number of halogens is 1. The molecule has 0 spiro atoms. The second kappa shape index (κ2) is 7.05. The molecule has 0 amide bonds. The summed E-state index contributed by atoms with van der Waals surface area (Å²) in [4.78, 5) is 41.5. The first-order valence-corrected chi connectivity index (χ1v) is 8.18. The number of ether oxygens (including phenoxy) is 1. The van der Waals surface area contributed by atoms with Crippen LogP contribution in [0.5, 0.6) is 0 Å². The molecule has 3 N–H and O–H groups in total. The topological polar surface area (TPSA) is 104 Å². The number of hydrogen-bond donors (Lipinski definition) is 3. The van der Waals surface area contributed by atoms with Crippen LogP contribution in [0.2, 0.25) is 5.02 Å². The quantitative estimate of drug-likeness (QED) is 0.563. The fourth-order valence-corrected chi connectivity index (χ4v) is 3.08. The molecule has 8 heteroatoms. The van der Waals surface area contributed by atoms with Crippen LogP contribution in [-0.2, 0) is 9.53 Å². The number of benzene rings is 1. The summed E-state index contributed by atoms with van der Waals surface area (Å²) in [6, 6.07) is 6.78. The molecule has 134 valence electrons. The second-order valence-electron chi connectivity index (χ2n) is 5.73. The molecular weight excluding hydrogens is 358 g/mol. The van der Waals surface area contributed by atoms with Gasteiger partial charge in [-0.25, -0.2) is 9.59 Å². The van der Waals surface area contributed by atoms with Gasteiger partial charge in [-0.1, -0.05) is 36.4 Å². The highest BCUT2D eigenvalue weighted by atomic mass is 35.5. The molecule has 0 fully saturated rings. The van der Waals surface area contributed by atoms with Crippen LogP contribution in [0.1, 0.15) is 24.0 Å². The average molecular weight is 374 g/mol. The van der Waals surface area contributed by atoms with Crippen LogP contribution in [0.25, 0.3) is 0 Å². The number of esters is 1. The van der Waals surface area contributed by atoms with Crippen LogP contribution in [0.15, 0.2) is 57.8 Å². The van der Waals surface area contributed by atoms with E-state index in [1.54, 1.807) is 31.2 Å². The lowest BCUT2D eigenvalue weighted by Gasteiger charge is -2.28. The Morgan fingerprint density at radius 3 is 2.62 bits per heavy atom. The first kappa shape index (κ1) is 17.8. The fourth-order valence-electron chi connectivity index (χ4n) is 2.96. The normalized spacial score (nSPS) is 15.8. The van der Waals surface area contributed by atoms with Crippen LogP contribution >= 0.6 is 11.6 Å². The van der Waals surface area contributed by atoms with Gasteiger partial charge >= 0.3 is 11.7 Å². The molecule has 0 saturated heterocycles. The summed E-state index contributed by atoms with van der Waals surface area (Å²) in [5.41, 5.74) is 0.425. The van der Waals surface area contributed by atoms with Gasteiger partial charge in [-0.15, -0.1) is 0 Å². The first-order chi connectivity index (χ1) is 12.4. The molecule has 2 aromatic rings. The maximum Gasteiger partial charge on any atom is 0.337 e. The Labute approximate surface area is 153 Å². The minimum atomic E-state index is -0.721. The van der Waals surface area contributed by atoms with Crippen molar-refractivity contribution in [2.45, 2.75) is 12.8 Å². The van der Waals surface area contributed by atoms with E-state index in [9.17, 15) is 14.4 Å². The smallest absolute Gasteiger partial charge is 0.337 e. The number of hydrogen-bond acceptors (Lipinski definition) is 5. The lowest BCUT2D eigenvalue weighted by Crippen LogP contribution is -2.35. The maximum atomic E-state index is 12.6. The van der Waals surface area contributed by atoms with Gasteiger partial charge in [-0.3, -0.25) is 14.8 Å². The van der Waals surface area contributed by atoms with E-state index in [0.717, 1.165) is 0 Å². The van der Waals surface area contributed by atoms with Gasteiger partial charge in [-0.05, 0) is 24.6 Å². The molecule has 26 heavy (non-hydrogen) atoms. The Balaban J connectivity index is 2.23. The summed E-state index contributed by atoms with van der Waals surface area (Å²) in [6.07, 6.45) is 1.46. The maximum absolute atomic E-state index is 12.6. The second-order valence-corrected chi connectivity index (χ2v) is 6.17. The van der Waals surface area contributed by atoms with Gasteiger partial charge in [0.05, 0.1) is 17.1 Å². The van der Waals surface area contributed by atoms with Gasteiger partial charge < -0.3 is 10.1 Å². The van der Waals surface area contributed by atoms with Crippen LogP contribution in [0.3, 0.4) is 0 Å². The fraction of sp³-hybridized carbons (Fsp3) is 0.167. The molecule has 2 heterocycles. The van der Waals surface area contributed by atoms with Gasteiger partial charge in [0, 0.05) is 10.7 Å². The van der Waals surface area contributed by atoms with E-state index in [1.165, 1.54) is 6.08 Å². The molecule has 0 unspecified atom stereocenters. The van der Waals surface area contributed by atoms with Crippen LogP contribution in [0.4, 0.5) is 5.82 Å². The average Bonchev–Trinajstić information content (AvgIpc) is 2.59. The summed E-state index contributed by atoms with van der Waals surface area (Å²) in [7, 11) is 0. The van der Waals surface area contributed by atoms with Crippen molar-refractivity contribution in [2.24, 2.45) is 0 Å². The van der Waals surface area contributed by atoms with E-state index in [1.807, 2.05) is 0 Å². The van der Waals surface area contributed by atoms with Crippen molar-refractivity contribution in [1.82, 2.24) is 9.97 Å². The molecule has 1 aromatic heterocycles. The van der Waals surface area contributed by atoms with Crippen molar-refractivity contribution in [2.75, 3.05) is 11.9 Å². The zero-order valence-electron chi connectivity index (χ0n) is 13.9. The number of anilines is 1. The highest BCUT2D eigenvalue weighted by Gasteiger charge is 2.35. The number of nitrogens with one attached hydrogen (secondary N) is 3. The molecule has 3 rings (SSSR count). The summed E-state index contributed by atoms with van der Waals surface area (Å²) in [5.74, 6) is -1.05. The SMILES string of the molecule is C=CCOC(=O)C1=C(C)Nc2[nH]c(=O)[nH]c(=O)c2[C@@H]1c1ccc(Cl)cc1. The molecular formula is C18H16ClN3O4. The predicted octanol–water partition coefficient (Wildman–Crippen LogP) is 2.28. The van der Waals surface area contributed by atoms with Crippen molar-refractivity contribution in [1.29, 1.82) is 0 Å². The van der Waals surface area contributed by atoms with Crippen LogP contribution in [-0.4, -0.2) is 22.5 Å². The number of H-pyrrole nitrogens is 2. The Morgan fingerprint density at radius 2 is 1.96 bits per heavy atom. The van der Waals surface area contributed by atoms with E-state index in [2.05, 4.69) is 21.9 Å². The Morgan fingerprint density at radius 1 is 1.27 bits per heavy atom. The minimum Gasteiger partial charge on any atom is -0.458 e. The number of rotatable bonds is 4. The lowest BCUT2D eigenvalue weighted by molar-refractivity contribution is -0.138. The Hall–Kier alpha value is -3.06. The van der Waals surface area contributed by atoms with E-state index in [0.29, 0.717) is 16.3 Å². The summed E-state index contributed by atoms with van der Waals surface area (Å²) in [5, 5.41) is 3.43. The minimum absolute atomic E-state index is 0.0395. The third-order valence-electron chi connectivity index (χ3n) is 4.03. The van der Waals surface area contributed by atoms with Gasteiger partial charge in [-0.2, -0.15) is 0 Å². The number of aromatic nitrogens is 2. The molecule has 0 bridgehead atoms. The third-order valence-corrected chi connectivity index (χ3v) is 4.28. The van der Waals surface area contributed by atoms with Gasteiger partial charge in [0.2, 0.25) is 0 Å². The number of carbonyl (C=O) groups excluding carboxylic acids is 1. The van der Waals surface area contributed by atoms with Gasteiger partial charge in [0.1, 0.15) is 12.4 Å². The standard InChI is InChI=1S/C18H16ClN3O4/c1-3-8-26-17(24)12-9(2)20-15-14(16(23)22-18(25)21-15)13(12)10-4-6-11(19)7-5-10/h3-7,13H,1,8H2,2H3,(H3,20,21,22,23,25)/t13-/m1/s1. The van der Waals surface area contributed by atoms with Crippen molar-refractivity contribution in [3.63, 3.8) is 0 Å². The van der Waals surface area contributed by atoms with Crippen LogP contribution < -0.4 is 16.6 Å². The Kier molecular flexibility index (Phi) is 4.81. The lowest BCUT2D eigenvalue weighted by atomic mass is 9.82. The van der Waals surface area contributed by atoms with E-state index in [-0.39, 0.29) is 23.6 Å². The summed E-state index contributed by atoms with van der Waals surface area (Å²) < 4.78 is 5.19. The Bertz CT molecular complexity index is 1020. The highest BCUT2D eigenvalue weighted by Crippen LogP contribution is 2.39.